The van der Waals surface area contributed by atoms with Crippen LogP contribution in [0.3, 0.4) is 0 Å². The monoisotopic (exact) mass is 88.0 g/mol. The number of hydrogen-bond donors (Lipinski definition) is 1. The van der Waals surface area contributed by atoms with Gasteiger partial charge in [0.05, 0.1) is 0 Å². The van der Waals surface area contributed by atoms with Crippen molar-refractivity contribution in [1.82, 2.24) is 0 Å². The second-order valence-electron chi connectivity index (χ2n) is 0.756. The molecule has 0 bridgehead atoms. The highest BCUT2D eigenvalue weighted by Gasteiger charge is 1.86. The average Bonchev–Trinajstić information content (AvgIpc) is 1.35. The van der Waals surface area contributed by atoms with Crippen molar-refractivity contribution < 1.29 is 9.53 Å². The van der Waals surface area contributed by atoms with Crippen LogP contribution < -0.4 is 5.73 Å². The van der Waals surface area contributed by atoms with Gasteiger partial charge in [-0.25, -0.2) is 0 Å². The van der Waals surface area contributed by atoms with E-state index in [1.807, 2.05) is 0 Å². The van der Waals surface area contributed by atoms with Gasteiger partial charge >= 0.3 is 0 Å². The second-order valence-corrected chi connectivity index (χ2v) is 0.756. The van der Waals surface area contributed by atoms with Gasteiger partial charge in [0, 0.05) is 7.11 Å². The van der Waals surface area contributed by atoms with Gasteiger partial charge in [0.15, 0.2) is 6.61 Å². The summed E-state index contributed by atoms with van der Waals surface area (Å²) in [7, 11) is 1.37. The molecule has 0 aliphatic carbocycles. The first-order valence-electron chi connectivity index (χ1n) is 1.43. The molecule has 0 saturated heterocycles. The Morgan fingerprint density at radius 3 is 2.50 bits per heavy atom. The van der Waals surface area contributed by atoms with Crippen molar-refractivity contribution in [3.63, 3.8) is 0 Å². The van der Waals surface area contributed by atoms with Crippen LogP contribution in [0.15, 0.2) is 0 Å². The second kappa shape index (κ2) is 2.66. The van der Waals surface area contributed by atoms with Gasteiger partial charge in [0.2, 0.25) is 5.91 Å². The molecule has 0 aromatic rings. The molecule has 0 aliphatic rings. The molecule has 0 unspecified atom stereocenters. The van der Waals surface area contributed by atoms with Gasteiger partial charge in [-0.3, -0.25) is 4.79 Å². The molecule has 0 spiro atoms. The van der Waals surface area contributed by atoms with Gasteiger partial charge in [-0.2, -0.15) is 0 Å². The van der Waals surface area contributed by atoms with Crippen molar-refractivity contribution in [2.24, 2.45) is 5.73 Å². The van der Waals surface area contributed by atoms with Gasteiger partial charge in [-0.05, 0) is 0 Å². The molecular formula is C3H6NO2. The first-order valence-corrected chi connectivity index (χ1v) is 1.43. The summed E-state index contributed by atoms with van der Waals surface area (Å²) < 4.78 is 4.20. The summed E-state index contributed by atoms with van der Waals surface area (Å²) in [5.74, 6) is -0.558. The van der Waals surface area contributed by atoms with E-state index in [0.29, 0.717) is 0 Å². The molecule has 35 valence electrons. The molecule has 2 N–H and O–H groups in total. The Morgan fingerprint density at radius 1 is 2.00 bits per heavy atom. The number of ether oxygens (including phenoxy) is 1. The molecule has 1 radical (unpaired) electrons. The van der Waals surface area contributed by atoms with Crippen molar-refractivity contribution in [2.45, 2.75) is 0 Å². The van der Waals surface area contributed by atoms with Crippen LogP contribution in [0.1, 0.15) is 0 Å². The first kappa shape index (κ1) is 5.43. The van der Waals surface area contributed by atoms with E-state index in [1.165, 1.54) is 7.11 Å². The fourth-order valence-corrected chi connectivity index (χ4v) is 0.116. The molecule has 0 fully saturated rings. The van der Waals surface area contributed by atoms with Crippen molar-refractivity contribution >= 4 is 5.91 Å². The predicted molar refractivity (Wildman–Crippen MR) is 20.5 cm³/mol. The molecule has 0 saturated carbocycles. The highest BCUT2D eigenvalue weighted by Crippen LogP contribution is 1.68. The smallest absolute Gasteiger partial charge is 0.249 e. The summed E-state index contributed by atoms with van der Waals surface area (Å²) in [4.78, 5) is 9.64. The van der Waals surface area contributed by atoms with Gasteiger partial charge < -0.3 is 10.5 Å². The summed E-state index contributed by atoms with van der Waals surface area (Å²) in [6.45, 7) is 0.931. The quantitative estimate of drug-likeness (QED) is 0.484. The number of rotatable bonds is 2. The van der Waals surface area contributed by atoms with E-state index in [-0.39, 0.29) is 0 Å². The Bertz CT molecular complexity index is 52.8. The third-order valence-electron chi connectivity index (χ3n) is 0.234. The summed E-state index contributed by atoms with van der Waals surface area (Å²) in [5.41, 5.74) is 4.58. The Morgan fingerprint density at radius 2 is 2.50 bits per heavy atom. The first-order chi connectivity index (χ1) is 2.77. The van der Waals surface area contributed by atoms with Crippen molar-refractivity contribution in [2.75, 3.05) is 7.11 Å². The van der Waals surface area contributed by atoms with Crippen LogP contribution in [0.25, 0.3) is 0 Å². The highest BCUT2D eigenvalue weighted by molar-refractivity contribution is 5.80. The Kier molecular flexibility index (Phi) is 2.40. The molecule has 1 amide bonds. The van der Waals surface area contributed by atoms with E-state index in [1.54, 1.807) is 0 Å². The lowest BCUT2D eigenvalue weighted by atomic mass is 10.7. The zero-order valence-corrected chi connectivity index (χ0v) is 3.47. The molecule has 6 heavy (non-hydrogen) atoms. The minimum atomic E-state index is -0.558. The van der Waals surface area contributed by atoms with Gasteiger partial charge in [0.1, 0.15) is 0 Å². The van der Waals surface area contributed by atoms with E-state index >= 15 is 0 Å². The van der Waals surface area contributed by atoms with Crippen molar-refractivity contribution in [3.8, 4) is 0 Å². The number of amides is 1. The summed E-state index contributed by atoms with van der Waals surface area (Å²) in [6, 6.07) is 0. The van der Waals surface area contributed by atoms with E-state index < -0.39 is 5.91 Å². The average molecular weight is 88.1 g/mol. The number of hydrogen-bond acceptors (Lipinski definition) is 2. The fraction of sp³-hybridized carbons (Fsp3) is 0.333. The Labute approximate surface area is 36.1 Å². The maximum absolute atomic E-state index is 9.64. The number of nitrogens with two attached hydrogens (primary N) is 1. The largest absolute Gasteiger partial charge is 0.368 e. The molecular weight excluding hydrogens is 82.0 g/mol. The molecule has 3 heteroatoms. The van der Waals surface area contributed by atoms with Crippen LogP contribution in [0, 0.1) is 6.61 Å². The number of methoxy groups -OCH3 is 1. The van der Waals surface area contributed by atoms with Crippen LogP contribution in [-0.4, -0.2) is 13.0 Å². The predicted octanol–water partition coefficient (Wildman–Crippen LogP) is -0.720. The van der Waals surface area contributed by atoms with Crippen LogP contribution in [0.5, 0.6) is 0 Å². The minimum absolute atomic E-state index is 0.558. The van der Waals surface area contributed by atoms with Crippen molar-refractivity contribution in [1.29, 1.82) is 0 Å². The Balaban J connectivity index is 2.83. The van der Waals surface area contributed by atoms with Gasteiger partial charge in [-0.15, -0.1) is 0 Å². The van der Waals surface area contributed by atoms with E-state index in [0.717, 1.165) is 6.61 Å². The van der Waals surface area contributed by atoms with Gasteiger partial charge in [-0.1, -0.05) is 0 Å². The number of carbonyl (C=O) groups excluding carboxylic acids is 1. The zero-order chi connectivity index (χ0) is 4.99. The third-order valence-corrected chi connectivity index (χ3v) is 0.234. The standard InChI is InChI=1S/C3H6NO2/c1-6-2-3(4)5/h2H,1H3,(H2,4,5). The minimum Gasteiger partial charge on any atom is -0.368 e. The lowest BCUT2D eigenvalue weighted by molar-refractivity contribution is -0.118. The topological polar surface area (TPSA) is 52.3 Å². The van der Waals surface area contributed by atoms with E-state index in [9.17, 15) is 4.79 Å². The lowest BCUT2D eigenvalue weighted by Gasteiger charge is -1.83. The maximum Gasteiger partial charge on any atom is 0.249 e. The van der Waals surface area contributed by atoms with Crippen molar-refractivity contribution in [3.05, 3.63) is 6.61 Å². The number of carbonyl (C=O) groups is 1. The summed E-state index contributed by atoms with van der Waals surface area (Å²) >= 11 is 0. The maximum atomic E-state index is 9.64. The van der Waals surface area contributed by atoms with Crippen LogP contribution in [0.2, 0.25) is 0 Å². The molecule has 0 atom stereocenters. The van der Waals surface area contributed by atoms with Crippen LogP contribution in [-0.2, 0) is 9.53 Å². The van der Waals surface area contributed by atoms with E-state index in [2.05, 4.69) is 10.5 Å². The molecule has 0 aromatic carbocycles. The number of primary amides is 1. The SMILES string of the molecule is CO[CH]C(N)=O. The molecule has 0 rings (SSSR count). The Hall–Kier alpha value is -0.570. The van der Waals surface area contributed by atoms with Crippen LogP contribution >= 0.6 is 0 Å². The molecule has 0 aliphatic heterocycles. The summed E-state index contributed by atoms with van der Waals surface area (Å²) in [5, 5.41) is 0. The van der Waals surface area contributed by atoms with Crippen LogP contribution in [0.4, 0.5) is 0 Å². The van der Waals surface area contributed by atoms with E-state index in [4.69, 9.17) is 0 Å². The molecule has 0 aromatic heterocycles. The molecule has 3 nitrogen and oxygen atoms in total. The lowest BCUT2D eigenvalue weighted by Crippen LogP contribution is -2.11. The third kappa shape index (κ3) is 3.43. The van der Waals surface area contributed by atoms with Gasteiger partial charge in [0.25, 0.3) is 0 Å². The molecule has 0 heterocycles. The normalized spacial score (nSPS) is 8.17. The highest BCUT2D eigenvalue weighted by atomic mass is 16.5. The fourth-order valence-electron chi connectivity index (χ4n) is 0.116. The summed E-state index contributed by atoms with van der Waals surface area (Å²) in [6.07, 6.45) is 0. The zero-order valence-electron chi connectivity index (χ0n) is 3.47.